The van der Waals surface area contributed by atoms with Crippen LogP contribution in [0.3, 0.4) is 0 Å². The Hall–Kier alpha value is -3.66. The highest BCUT2D eigenvalue weighted by molar-refractivity contribution is 7.87. The smallest absolute Gasteiger partial charge is 0.339 e. The van der Waals surface area contributed by atoms with Crippen molar-refractivity contribution in [2.24, 2.45) is 0 Å². The molecule has 1 aliphatic heterocycles. The number of hydrogen-bond acceptors (Lipinski definition) is 6. The molecule has 0 unspecified atom stereocenters. The van der Waals surface area contributed by atoms with Crippen LogP contribution in [0.1, 0.15) is 11.1 Å². The van der Waals surface area contributed by atoms with Gasteiger partial charge in [0.05, 0.1) is 5.69 Å². The lowest BCUT2D eigenvalue weighted by molar-refractivity contribution is -0.122. The van der Waals surface area contributed by atoms with Gasteiger partial charge in [-0.25, -0.2) is 9.69 Å². The average molecular weight is 531 g/mol. The minimum absolute atomic E-state index is 0.0343. The Balaban J connectivity index is 1.75. The number of carbonyl (C=O) groups is 3. The van der Waals surface area contributed by atoms with Crippen LogP contribution in [0.25, 0.3) is 6.08 Å². The number of anilines is 1. The summed E-state index contributed by atoms with van der Waals surface area (Å²) in [7, 11) is -4.24. The number of halogens is 2. The van der Waals surface area contributed by atoms with Gasteiger partial charge in [-0.1, -0.05) is 47.0 Å². The predicted molar refractivity (Wildman–Crippen MR) is 131 cm³/mol. The number of rotatable bonds is 5. The van der Waals surface area contributed by atoms with Crippen LogP contribution in [0, 0.1) is 6.92 Å². The summed E-state index contributed by atoms with van der Waals surface area (Å²) in [6.07, 6.45) is 1.10. The van der Waals surface area contributed by atoms with Gasteiger partial charge in [-0.15, -0.1) is 0 Å². The molecule has 0 saturated carbocycles. The second-order valence-corrected chi connectivity index (χ2v) is 9.89. The molecule has 3 aromatic rings. The molecule has 1 heterocycles. The maximum Gasteiger partial charge on any atom is 0.339 e. The van der Waals surface area contributed by atoms with Gasteiger partial charge in [-0.2, -0.15) is 8.42 Å². The summed E-state index contributed by atoms with van der Waals surface area (Å²) >= 11 is 12.1. The largest absolute Gasteiger partial charge is 0.378 e. The van der Waals surface area contributed by atoms with E-state index in [1.807, 2.05) is 6.92 Å². The fourth-order valence-electron chi connectivity index (χ4n) is 3.24. The molecule has 0 atom stereocenters. The quantitative estimate of drug-likeness (QED) is 0.290. The Morgan fingerprint density at radius 1 is 0.914 bits per heavy atom. The number of imide groups is 2. The van der Waals surface area contributed by atoms with Gasteiger partial charge in [-0.3, -0.25) is 14.9 Å². The van der Waals surface area contributed by atoms with Gasteiger partial charge in [0, 0.05) is 15.6 Å². The van der Waals surface area contributed by atoms with E-state index in [9.17, 15) is 22.8 Å². The Morgan fingerprint density at radius 2 is 1.60 bits per heavy atom. The highest BCUT2D eigenvalue weighted by Crippen LogP contribution is 2.30. The van der Waals surface area contributed by atoms with E-state index in [1.54, 1.807) is 18.2 Å². The van der Waals surface area contributed by atoms with E-state index in [0.717, 1.165) is 16.5 Å². The van der Waals surface area contributed by atoms with Crippen molar-refractivity contribution < 1.29 is 27.0 Å². The second kappa shape index (κ2) is 9.53. The zero-order chi connectivity index (χ0) is 25.3. The van der Waals surface area contributed by atoms with Gasteiger partial charge in [-0.05, 0) is 61.5 Å². The molecule has 11 heteroatoms. The molecule has 0 aliphatic carbocycles. The van der Waals surface area contributed by atoms with Crippen molar-refractivity contribution in [3.05, 3.63) is 93.5 Å². The highest BCUT2D eigenvalue weighted by atomic mass is 35.5. The first-order valence-corrected chi connectivity index (χ1v) is 12.2. The topological polar surface area (TPSA) is 110 Å². The minimum atomic E-state index is -4.24. The summed E-state index contributed by atoms with van der Waals surface area (Å²) in [6.45, 7) is 1.81. The number of hydrogen-bond donors (Lipinski definition) is 1. The number of benzene rings is 3. The van der Waals surface area contributed by atoms with Crippen LogP contribution < -0.4 is 14.4 Å². The van der Waals surface area contributed by atoms with Gasteiger partial charge >= 0.3 is 16.1 Å². The summed E-state index contributed by atoms with van der Waals surface area (Å²) in [5, 5.41) is 2.56. The number of urea groups is 1. The Labute approximate surface area is 210 Å². The second-order valence-electron chi connectivity index (χ2n) is 7.47. The van der Waals surface area contributed by atoms with Crippen molar-refractivity contribution in [3.8, 4) is 5.75 Å². The van der Waals surface area contributed by atoms with Crippen LogP contribution >= 0.6 is 23.2 Å². The van der Waals surface area contributed by atoms with Crippen molar-refractivity contribution in [3.63, 3.8) is 0 Å². The van der Waals surface area contributed by atoms with Crippen molar-refractivity contribution in [1.82, 2.24) is 5.32 Å². The van der Waals surface area contributed by atoms with Crippen molar-refractivity contribution in [2.45, 2.75) is 11.8 Å². The highest BCUT2D eigenvalue weighted by Gasteiger charge is 2.37. The van der Waals surface area contributed by atoms with Crippen molar-refractivity contribution in [2.75, 3.05) is 4.90 Å². The van der Waals surface area contributed by atoms with Crippen LogP contribution in [-0.4, -0.2) is 26.3 Å². The maximum absolute atomic E-state index is 13.1. The SMILES string of the molecule is Cc1ccc(S(=O)(=O)Oc2ccc(Cl)cc2/C=C2\C(=O)NC(=O)N(c3cccc(Cl)c3)C2=O)cc1. The first kappa shape index (κ1) is 24.5. The standard InChI is InChI=1S/C24H16Cl2N2O6S/c1-14-5-8-19(9-6-14)35(32,33)34-21-10-7-17(26)11-15(21)12-20-22(29)27-24(31)28(23(20)30)18-4-2-3-16(25)13-18/h2-13H,1H3,(H,27,29,31)/b20-12+. The monoisotopic (exact) mass is 530 g/mol. The van der Waals surface area contributed by atoms with Crippen LogP contribution in [0.15, 0.2) is 77.2 Å². The van der Waals surface area contributed by atoms with E-state index in [2.05, 4.69) is 5.32 Å². The normalized spacial score (nSPS) is 15.3. The van der Waals surface area contributed by atoms with Crippen LogP contribution in [0.4, 0.5) is 10.5 Å². The van der Waals surface area contributed by atoms with E-state index >= 15 is 0 Å². The molecular formula is C24H16Cl2N2O6S. The number of aryl methyl sites for hydroxylation is 1. The van der Waals surface area contributed by atoms with E-state index in [4.69, 9.17) is 27.4 Å². The van der Waals surface area contributed by atoms with Gasteiger partial charge in [0.1, 0.15) is 16.2 Å². The molecule has 35 heavy (non-hydrogen) atoms. The lowest BCUT2D eigenvalue weighted by atomic mass is 10.1. The molecule has 1 saturated heterocycles. The van der Waals surface area contributed by atoms with Gasteiger partial charge < -0.3 is 4.18 Å². The molecule has 0 radical (unpaired) electrons. The van der Waals surface area contributed by atoms with Gasteiger partial charge in [0.25, 0.3) is 11.8 Å². The maximum atomic E-state index is 13.1. The molecule has 1 aliphatic rings. The zero-order valence-electron chi connectivity index (χ0n) is 18.0. The molecule has 1 N–H and O–H groups in total. The zero-order valence-corrected chi connectivity index (χ0v) is 20.3. The third-order valence-electron chi connectivity index (χ3n) is 4.95. The Kier molecular flexibility index (Phi) is 6.66. The molecule has 0 aromatic heterocycles. The fourth-order valence-corrected chi connectivity index (χ4v) is 4.56. The Morgan fingerprint density at radius 3 is 2.29 bits per heavy atom. The number of barbiturate groups is 1. The molecule has 4 rings (SSSR count). The third kappa shape index (κ3) is 5.22. The lowest BCUT2D eigenvalue weighted by Crippen LogP contribution is -2.54. The molecule has 0 bridgehead atoms. The van der Waals surface area contributed by atoms with Crippen LogP contribution in [-0.2, 0) is 19.7 Å². The van der Waals surface area contributed by atoms with Gasteiger partial charge in [0.15, 0.2) is 0 Å². The summed E-state index contributed by atoms with van der Waals surface area (Å²) in [5.41, 5.74) is 0.598. The lowest BCUT2D eigenvalue weighted by Gasteiger charge is -2.26. The first-order valence-electron chi connectivity index (χ1n) is 10.0. The molecule has 4 amide bonds. The molecule has 178 valence electrons. The van der Waals surface area contributed by atoms with Crippen LogP contribution in [0.5, 0.6) is 5.75 Å². The molecular weight excluding hydrogens is 515 g/mol. The fraction of sp³-hybridized carbons (Fsp3) is 0.0417. The average Bonchev–Trinajstić information content (AvgIpc) is 2.78. The Bertz CT molecular complexity index is 1500. The van der Waals surface area contributed by atoms with Crippen molar-refractivity contribution in [1.29, 1.82) is 0 Å². The predicted octanol–water partition coefficient (Wildman–Crippen LogP) is 4.74. The number of nitrogens with zero attached hydrogens (tertiary/aromatic N) is 1. The summed E-state index contributed by atoms with van der Waals surface area (Å²) in [4.78, 5) is 38.7. The molecule has 3 aromatic carbocycles. The number of carbonyl (C=O) groups excluding carboxylic acids is 3. The summed E-state index contributed by atoms with van der Waals surface area (Å²) < 4.78 is 30.9. The number of nitrogens with one attached hydrogen (secondary N) is 1. The molecule has 0 spiro atoms. The van der Waals surface area contributed by atoms with E-state index in [1.165, 1.54) is 48.5 Å². The molecule has 1 fully saturated rings. The summed E-state index contributed by atoms with van der Waals surface area (Å²) in [6, 6.07) is 15.0. The van der Waals surface area contributed by atoms with Gasteiger partial charge in [0.2, 0.25) is 0 Å². The minimum Gasteiger partial charge on any atom is -0.378 e. The van der Waals surface area contributed by atoms with Crippen molar-refractivity contribution >= 4 is 62.9 Å². The number of amides is 4. The first-order chi connectivity index (χ1) is 16.5. The molecule has 8 nitrogen and oxygen atoms in total. The van der Waals surface area contributed by atoms with E-state index in [-0.39, 0.29) is 31.9 Å². The third-order valence-corrected chi connectivity index (χ3v) is 6.67. The summed E-state index contributed by atoms with van der Waals surface area (Å²) in [5.74, 6) is -2.08. The van der Waals surface area contributed by atoms with Crippen LogP contribution in [0.2, 0.25) is 10.0 Å². The van der Waals surface area contributed by atoms with E-state index < -0.39 is 33.5 Å². The van der Waals surface area contributed by atoms with E-state index in [0.29, 0.717) is 0 Å².